The van der Waals surface area contributed by atoms with Crippen molar-refractivity contribution >= 4 is 16.6 Å². The van der Waals surface area contributed by atoms with Crippen molar-refractivity contribution in [1.82, 2.24) is 29.1 Å². The van der Waals surface area contributed by atoms with Crippen molar-refractivity contribution in [3.05, 3.63) is 77.4 Å². The molecule has 1 aromatic carbocycles. The lowest BCUT2D eigenvalue weighted by Crippen LogP contribution is -2.21. The summed E-state index contributed by atoms with van der Waals surface area (Å²) in [4.78, 5) is 25.6. The molecule has 4 aromatic heterocycles. The molecule has 0 unspecified atom stereocenters. The molecule has 4 heterocycles. The Hall–Kier alpha value is -3.81. The second-order valence-electron chi connectivity index (χ2n) is 5.80. The Balaban J connectivity index is 1.49. The minimum Gasteiger partial charge on any atom is -0.337 e. The van der Waals surface area contributed by atoms with Crippen LogP contribution in [0.4, 0.5) is 0 Å². The van der Waals surface area contributed by atoms with Gasteiger partial charge >= 0.3 is 0 Å². The largest absolute Gasteiger partial charge is 0.337 e. The van der Waals surface area contributed by atoms with E-state index >= 15 is 0 Å². The summed E-state index contributed by atoms with van der Waals surface area (Å²) in [6.45, 7) is 0.150. The molecule has 0 saturated carbocycles. The lowest BCUT2D eigenvalue weighted by Gasteiger charge is -2.02. The van der Waals surface area contributed by atoms with Gasteiger partial charge in [0, 0.05) is 12.4 Å². The summed E-state index contributed by atoms with van der Waals surface area (Å²) in [5.41, 5.74) is 1.91. The minimum atomic E-state index is -0.150. The molecule has 0 spiro atoms. The molecule has 5 aromatic rings. The minimum absolute atomic E-state index is 0.150. The number of rotatable bonds is 3. The van der Waals surface area contributed by atoms with Crippen LogP contribution in [-0.4, -0.2) is 29.1 Å². The molecular weight excluding hydrogens is 332 g/mol. The van der Waals surface area contributed by atoms with Gasteiger partial charge in [0.05, 0.1) is 17.2 Å². The topological polar surface area (TPSA) is 91.1 Å². The van der Waals surface area contributed by atoms with Gasteiger partial charge in [-0.1, -0.05) is 23.4 Å². The van der Waals surface area contributed by atoms with Crippen molar-refractivity contribution in [2.45, 2.75) is 6.54 Å². The van der Waals surface area contributed by atoms with Gasteiger partial charge < -0.3 is 8.92 Å². The summed E-state index contributed by atoms with van der Waals surface area (Å²) in [6, 6.07) is 12.9. The van der Waals surface area contributed by atoms with Crippen LogP contribution < -0.4 is 5.56 Å². The van der Waals surface area contributed by atoms with Crippen LogP contribution in [0.3, 0.4) is 0 Å². The van der Waals surface area contributed by atoms with E-state index in [9.17, 15) is 4.79 Å². The maximum atomic E-state index is 12.5. The maximum absolute atomic E-state index is 12.5. The predicted molar refractivity (Wildman–Crippen MR) is 93.6 cm³/mol. The van der Waals surface area contributed by atoms with E-state index in [1.54, 1.807) is 12.1 Å². The molecule has 0 amide bonds. The number of aromatic nitrogens is 6. The van der Waals surface area contributed by atoms with E-state index in [0.29, 0.717) is 28.3 Å². The van der Waals surface area contributed by atoms with E-state index in [2.05, 4.69) is 20.1 Å². The molecule has 26 heavy (non-hydrogen) atoms. The van der Waals surface area contributed by atoms with Gasteiger partial charge in [0.25, 0.3) is 5.56 Å². The Morgan fingerprint density at radius 3 is 2.85 bits per heavy atom. The highest BCUT2D eigenvalue weighted by Crippen LogP contribution is 2.16. The zero-order chi connectivity index (χ0) is 17.5. The third-order valence-electron chi connectivity index (χ3n) is 4.10. The van der Waals surface area contributed by atoms with Crippen molar-refractivity contribution in [2.24, 2.45) is 0 Å². The summed E-state index contributed by atoms with van der Waals surface area (Å²) in [7, 11) is 0. The van der Waals surface area contributed by atoms with Crippen LogP contribution in [0.5, 0.6) is 0 Å². The Labute approximate surface area is 146 Å². The first kappa shape index (κ1) is 14.5. The number of imidazole rings is 1. The smallest absolute Gasteiger partial charge is 0.261 e. The highest BCUT2D eigenvalue weighted by Gasteiger charge is 2.13. The maximum Gasteiger partial charge on any atom is 0.261 e. The van der Waals surface area contributed by atoms with E-state index < -0.39 is 0 Å². The van der Waals surface area contributed by atoms with Crippen molar-refractivity contribution < 1.29 is 4.52 Å². The summed E-state index contributed by atoms with van der Waals surface area (Å²) >= 11 is 0. The molecular formula is C18H12N6O2. The monoisotopic (exact) mass is 344 g/mol. The number of benzene rings is 1. The Bertz CT molecular complexity index is 1270. The number of nitrogens with zero attached hydrogens (tertiary/aromatic N) is 6. The number of pyridine rings is 1. The number of hydrogen-bond donors (Lipinski definition) is 0. The van der Waals surface area contributed by atoms with Crippen LogP contribution in [-0.2, 0) is 6.54 Å². The van der Waals surface area contributed by atoms with E-state index in [1.165, 1.54) is 10.9 Å². The molecule has 0 aliphatic rings. The van der Waals surface area contributed by atoms with Gasteiger partial charge in [0.1, 0.15) is 17.9 Å². The van der Waals surface area contributed by atoms with E-state index in [4.69, 9.17) is 4.52 Å². The van der Waals surface area contributed by atoms with Crippen molar-refractivity contribution in [2.75, 3.05) is 0 Å². The molecule has 0 fully saturated rings. The normalized spacial score (nSPS) is 11.4. The fraction of sp³-hybridized carbons (Fsp3) is 0.0556. The van der Waals surface area contributed by atoms with Crippen LogP contribution in [0.15, 0.2) is 70.5 Å². The molecule has 8 heteroatoms. The highest BCUT2D eigenvalue weighted by atomic mass is 16.5. The number of fused-ring (bicyclic) bond motifs is 2. The third-order valence-corrected chi connectivity index (χ3v) is 4.10. The van der Waals surface area contributed by atoms with Gasteiger partial charge in [-0.3, -0.25) is 9.36 Å². The van der Waals surface area contributed by atoms with Gasteiger partial charge in [0.2, 0.25) is 11.7 Å². The lowest BCUT2D eigenvalue weighted by molar-refractivity contribution is 0.369. The van der Waals surface area contributed by atoms with Crippen LogP contribution in [0.25, 0.3) is 28.1 Å². The number of hydrogen-bond acceptors (Lipinski definition) is 6. The lowest BCUT2D eigenvalue weighted by atomic mass is 10.2. The van der Waals surface area contributed by atoms with Crippen molar-refractivity contribution in [1.29, 1.82) is 0 Å². The summed E-state index contributed by atoms with van der Waals surface area (Å²) in [5, 5.41) is 4.52. The quantitative estimate of drug-likeness (QED) is 0.498. The Morgan fingerprint density at radius 1 is 1.04 bits per heavy atom. The summed E-state index contributed by atoms with van der Waals surface area (Å²) in [5.74, 6) is 0.696. The second kappa shape index (κ2) is 5.62. The number of para-hydroxylation sites is 1. The van der Waals surface area contributed by atoms with Crippen LogP contribution in [0.1, 0.15) is 5.89 Å². The van der Waals surface area contributed by atoms with Crippen molar-refractivity contribution in [3.63, 3.8) is 0 Å². The van der Waals surface area contributed by atoms with Gasteiger partial charge in [-0.25, -0.2) is 9.97 Å². The van der Waals surface area contributed by atoms with E-state index in [1.807, 2.05) is 47.1 Å². The highest BCUT2D eigenvalue weighted by molar-refractivity contribution is 5.76. The van der Waals surface area contributed by atoms with Gasteiger partial charge in [-0.05, 0) is 24.3 Å². The zero-order valence-electron chi connectivity index (χ0n) is 13.5. The summed E-state index contributed by atoms with van der Waals surface area (Å²) < 4.78 is 8.61. The zero-order valence-corrected chi connectivity index (χ0v) is 13.5. The van der Waals surface area contributed by atoms with Gasteiger partial charge in [0.15, 0.2) is 0 Å². The average molecular weight is 344 g/mol. The average Bonchev–Trinajstić information content (AvgIpc) is 3.31. The van der Waals surface area contributed by atoms with E-state index in [0.717, 1.165) is 5.65 Å². The molecule has 5 rings (SSSR count). The molecule has 0 aliphatic carbocycles. The fourth-order valence-corrected chi connectivity index (χ4v) is 2.83. The molecule has 0 saturated heterocycles. The van der Waals surface area contributed by atoms with Gasteiger partial charge in [-0.2, -0.15) is 4.98 Å². The van der Waals surface area contributed by atoms with Crippen LogP contribution >= 0.6 is 0 Å². The first-order chi connectivity index (χ1) is 12.8. The van der Waals surface area contributed by atoms with Gasteiger partial charge in [-0.15, -0.1) is 0 Å². The molecule has 0 N–H and O–H groups in total. The molecule has 126 valence electrons. The van der Waals surface area contributed by atoms with Crippen molar-refractivity contribution in [3.8, 4) is 11.5 Å². The molecule has 0 radical (unpaired) electrons. The molecule has 0 bridgehead atoms. The van der Waals surface area contributed by atoms with Crippen LogP contribution in [0.2, 0.25) is 0 Å². The fourth-order valence-electron chi connectivity index (χ4n) is 2.83. The summed E-state index contributed by atoms with van der Waals surface area (Å²) in [6.07, 6.45) is 5.21. The molecule has 0 atom stereocenters. The Kier molecular flexibility index (Phi) is 3.14. The van der Waals surface area contributed by atoms with Crippen LogP contribution in [0, 0.1) is 0 Å². The van der Waals surface area contributed by atoms with E-state index in [-0.39, 0.29) is 12.1 Å². The third kappa shape index (κ3) is 2.35. The molecule has 0 aliphatic heterocycles. The predicted octanol–water partition coefficient (Wildman–Crippen LogP) is 2.14. The Morgan fingerprint density at radius 2 is 1.92 bits per heavy atom. The first-order valence-corrected chi connectivity index (χ1v) is 7.99. The SMILES string of the molecule is O=c1c2ccccc2ncn1Cc1nc(-c2cn3ccccc3n2)no1. The second-order valence-corrected chi connectivity index (χ2v) is 5.80. The standard InChI is InChI=1S/C18H12N6O2/c25-18-12-5-1-2-6-13(12)19-11-24(18)10-16-21-17(22-26-16)14-9-23-8-4-3-7-15(23)20-14/h1-9,11H,10H2. The molecule has 8 nitrogen and oxygen atoms in total. The first-order valence-electron chi connectivity index (χ1n) is 7.99.